The Balaban J connectivity index is 1.72. The van der Waals surface area contributed by atoms with Gasteiger partial charge in [0.05, 0.1) is 5.56 Å². The molecule has 0 aliphatic heterocycles. The van der Waals surface area contributed by atoms with Crippen LogP contribution in [0.25, 0.3) is 10.9 Å². The van der Waals surface area contributed by atoms with Crippen molar-refractivity contribution in [3.8, 4) is 0 Å². The van der Waals surface area contributed by atoms with Gasteiger partial charge in [-0.3, -0.25) is 9.00 Å². The lowest BCUT2D eigenvalue weighted by Gasteiger charge is -2.05. The van der Waals surface area contributed by atoms with Crippen LogP contribution in [0.1, 0.15) is 26.4 Å². The number of ether oxygens (including phenoxy) is 1. The van der Waals surface area contributed by atoms with Crippen LogP contribution in [0, 0.1) is 6.92 Å². The van der Waals surface area contributed by atoms with E-state index in [1.807, 2.05) is 31.2 Å². The molecule has 1 atom stereocenters. The van der Waals surface area contributed by atoms with Gasteiger partial charge < -0.3 is 9.72 Å². The molecule has 25 heavy (non-hydrogen) atoms. The van der Waals surface area contributed by atoms with Gasteiger partial charge in [-0.1, -0.05) is 18.2 Å². The molecule has 0 radical (unpaired) electrons. The van der Waals surface area contributed by atoms with Crippen LogP contribution in [-0.4, -0.2) is 33.8 Å². The summed E-state index contributed by atoms with van der Waals surface area (Å²) >= 11 is 0. The Labute approximate surface area is 147 Å². The second-order valence-corrected chi connectivity index (χ2v) is 7.03. The SMILES string of the molecule is Cc1[nH]c2ccccc2c1C(=O)COC(=O)c1ccc([S@](C)=O)cc1. The first kappa shape index (κ1) is 17.1. The van der Waals surface area contributed by atoms with E-state index in [1.54, 1.807) is 30.5 Å². The Morgan fingerprint density at radius 2 is 1.76 bits per heavy atom. The molecule has 3 aromatic rings. The van der Waals surface area contributed by atoms with Crippen molar-refractivity contribution in [1.29, 1.82) is 0 Å². The van der Waals surface area contributed by atoms with Gasteiger partial charge >= 0.3 is 5.97 Å². The minimum Gasteiger partial charge on any atom is -0.454 e. The fourth-order valence-corrected chi connectivity index (χ4v) is 3.22. The van der Waals surface area contributed by atoms with Gasteiger partial charge in [0.15, 0.2) is 6.61 Å². The normalized spacial score (nSPS) is 12.1. The Hall–Kier alpha value is -2.73. The molecule has 1 aromatic heterocycles. The number of esters is 1. The lowest BCUT2D eigenvalue weighted by Crippen LogP contribution is -2.15. The molecule has 0 unspecified atom stereocenters. The summed E-state index contributed by atoms with van der Waals surface area (Å²) in [6, 6.07) is 13.8. The quantitative estimate of drug-likeness (QED) is 0.563. The number of carbonyl (C=O) groups excluding carboxylic acids is 2. The number of H-pyrrole nitrogens is 1. The molecule has 0 bridgehead atoms. The van der Waals surface area contributed by atoms with E-state index in [0.29, 0.717) is 16.0 Å². The highest BCUT2D eigenvalue weighted by molar-refractivity contribution is 7.84. The Morgan fingerprint density at radius 3 is 2.44 bits per heavy atom. The third kappa shape index (κ3) is 3.53. The predicted octanol–water partition coefficient (Wildman–Crippen LogP) is 3.25. The molecule has 0 fully saturated rings. The Morgan fingerprint density at radius 1 is 1.08 bits per heavy atom. The van der Waals surface area contributed by atoms with Crippen molar-refractivity contribution in [1.82, 2.24) is 4.98 Å². The summed E-state index contributed by atoms with van der Waals surface area (Å²) in [7, 11) is -1.11. The second-order valence-electron chi connectivity index (χ2n) is 5.65. The molecular formula is C19H17NO4S. The molecule has 0 saturated carbocycles. The summed E-state index contributed by atoms with van der Waals surface area (Å²) in [5.41, 5.74) is 2.48. The zero-order valence-electron chi connectivity index (χ0n) is 13.9. The van der Waals surface area contributed by atoms with Crippen molar-refractivity contribution < 1.29 is 18.5 Å². The maximum atomic E-state index is 12.5. The molecule has 0 aliphatic rings. The maximum absolute atomic E-state index is 12.5. The molecule has 128 valence electrons. The number of benzene rings is 2. The molecule has 0 amide bonds. The van der Waals surface area contributed by atoms with Gasteiger partial charge in [-0.25, -0.2) is 4.79 Å². The van der Waals surface area contributed by atoms with Gasteiger partial charge in [-0.05, 0) is 37.3 Å². The van der Waals surface area contributed by atoms with Crippen LogP contribution in [0.5, 0.6) is 0 Å². The highest BCUT2D eigenvalue weighted by Crippen LogP contribution is 2.22. The van der Waals surface area contributed by atoms with E-state index in [-0.39, 0.29) is 12.4 Å². The smallest absolute Gasteiger partial charge is 0.338 e. The summed E-state index contributed by atoms with van der Waals surface area (Å²) in [6.07, 6.45) is 1.57. The van der Waals surface area contributed by atoms with Crippen molar-refractivity contribution in [2.45, 2.75) is 11.8 Å². The molecule has 3 rings (SSSR count). The summed E-state index contributed by atoms with van der Waals surface area (Å²) < 4.78 is 16.5. The van der Waals surface area contributed by atoms with Crippen LogP contribution < -0.4 is 0 Å². The molecular weight excluding hydrogens is 338 g/mol. The first-order valence-electron chi connectivity index (χ1n) is 7.68. The number of ketones is 1. The highest BCUT2D eigenvalue weighted by atomic mass is 32.2. The van der Waals surface area contributed by atoms with Crippen molar-refractivity contribution in [3.05, 3.63) is 65.4 Å². The third-order valence-electron chi connectivity index (χ3n) is 3.93. The third-order valence-corrected chi connectivity index (χ3v) is 4.86. The van der Waals surface area contributed by atoms with Crippen molar-refractivity contribution in [2.75, 3.05) is 12.9 Å². The topological polar surface area (TPSA) is 76.2 Å². The number of nitrogens with one attached hydrogen (secondary N) is 1. The van der Waals surface area contributed by atoms with Gasteiger partial charge in [0, 0.05) is 44.1 Å². The molecule has 0 saturated heterocycles. The monoisotopic (exact) mass is 355 g/mol. The maximum Gasteiger partial charge on any atom is 0.338 e. The molecule has 0 spiro atoms. The fraction of sp³-hybridized carbons (Fsp3) is 0.158. The van der Waals surface area contributed by atoms with Gasteiger partial charge in [0.1, 0.15) is 0 Å². The average molecular weight is 355 g/mol. The van der Waals surface area contributed by atoms with Crippen LogP contribution >= 0.6 is 0 Å². The number of hydrogen-bond donors (Lipinski definition) is 1. The average Bonchev–Trinajstić information content (AvgIpc) is 2.95. The lowest BCUT2D eigenvalue weighted by molar-refractivity contribution is 0.0475. The van der Waals surface area contributed by atoms with Gasteiger partial charge in [-0.15, -0.1) is 0 Å². The summed E-state index contributed by atoms with van der Waals surface area (Å²) in [4.78, 5) is 28.4. The molecule has 1 N–H and O–H groups in total. The number of hydrogen-bond acceptors (Lipinski definition) is 4. The van der Waals surface area contributed by atoms with E-state index < -0.39 is 16.8 Å². The number of carbonyl (C=O) groups is 2. The summed E-state index contributed by atoms with van der Waals surface area (Å²) in [5, 5.41) is 0.816. The van der Waals surface area contributed by atoms with Crippen LogP contribution in [0.15, 0.2) is 53.4 Å². The molecule has 1 heterocycles. The fourth-order valence-electron chi connectivity index (χ4n) is 2.71. The summed E-state index contributed by atoms with van der Waals surface area (Å²) in [6.45, 7) is 1.49. The van der Waals surface area contributed by atoms with Gasteiger partial charge in [0.25, 0.3) is 0 Å². The van der Waals surface area contributed by atoms with Gasteiger partial charge in [0.2, 0.25) is 5.78 Å². The van der Waals surface area contributed by atoms with Gasteiger partial charge in [-0.2, -0.15) is 0 Å². The first-order chi connectivity index (χ1) is 12.0. The largest absolute Gasteiger partial charge is 0.454 e. The number of fused-ring (bicyclic) bond motifs is 1. The minimum absolute atomic E-state index is 0.255. The highest BCUT2D eigenvalue weighted by Gasteiger charge is 2.18. The molecule has 5 nitrogen and oxygen atoms in total. The van der Waals surface area contributed by atoms with Crippen LogP contribution in [-0.2, 0) is 15.5 Å². The van der Waals surface area contributed by atoms with E-state index in [1.165, 1.54) is 0 Å². The second kappa shape index (κ2) is 7.03. The predicted molar refractivity (Wildman–Crippen MR) is 96.4 cm³/mol. The number of rotatable bonds is 5. The zero-order chi connectivity index (χ0) is 18.0. The van der Waals surface area contributed by atoms with E-state index in [9.17, 15) is 13.8 Å². The van der Waals surface area contributed by atoms with E-state index in [0.717, 1.165) is 16.6 Å². The Bertz CT molecular complexity index is 973. The van der Waals surface area contributed by atoms with Crippen LogP contribution in [0.4, 0.5) is 0 Å². The van der Waals surface area contributed by atoms with Crippen LogP contribution in [0.3, 0.4) is 0 Å². The van der Waals surface area contributed by atoms with E-state index in [4.69, 9.17) is 4.74 Å². The number of aromatic nitrogens is 1. The number of aryl methyl sites for hydroxylation is 1. The molecule has 6 heteroatoms. The van der Waals surface area contributed by atoms with Crippen LogP contribution in [0.2, 0.25) is 0 Å². The number of aromatic amines is 1. The zero-order valence-corrected chi connectivity index (χ0v) is 14.7. The van der Waals surface area contributed by atoms with E-state index >= 15 is 0 Å². The Kier molecular flexibility index (Phi) is 4.81. The summed E-state index contributed by atoms with van der Waals surface area (Å²) in [5.74, 6) is -0.839. The van der Waals surface area contributed by atoms with Crippen molar-refractivity contribution in [2.24, 2.45) is 0 Å². The van der Waals surface area contributed by atoms with Crippen molar-refractivity contribution in [3.63, 3.8) is 0 Å². The van der Waals surface area contributed by atoms with Crippen molar-refractivity contribution >= 4 is 33.5 Å². The molecule has 2 aromatic carbocycles. The van der Waals surface area contributed by atoms with E-state index in [2.05, 4.69) is 4.98 Å². The molecule has 0 aliphatic carbocycles. The first-order valence-corrected chi connectivity index (χ1v) is 9.24. The minimum atomic E-state index is -1.11. The number of Topliss-reactive ketones (excluding diaryl/α,β-unsaturated/α-hetero) is 1. The standard InChI is InChI=1S/C19H17NO4S/c1-12-18(15-5-3-4-6-16(15)20-12)17(21)11-24-19(22)13-7-9-14(10-8-13)25(2)23/h3-10,20H,11H2,1-2H3/t25-/m0/s1. The number of para-hydroxylation sites is 1. The lowest BCUT2D eigenvalue weighted by atomic mass is 10.1.